The van der Waals surface area contributed by atoms with Crippen molar-refractivity contribution in [3.05, 3.63) is 34.3 Å². The SMILES string of the molecule is CCC(C)N(CCOC)Cc1ccc(CN)cc1Cl. The molecule has 0 aliphatic carbocycles. The van der Waals surface area contributed by atoms with Crippen LogP contribution in [0.2, 0.25) is 5.02 Å². The summed E-state index contributed by atoms with van der Waals surface area (Å²) in [4.78, 5) is 2.40. The Kier molecular flexibility index (Phi) is 7.39. The summed E-state index contributed by atoms with van der Waals surface area (Å²) in [6.07, 6.45) is 1.11. The number of nitrogens with two attached hydrogens (primary N) is 1. The van der Waals surface area contributed by atoms with Crippen LogP contribution in [0.3, 0.4) is 0 Å². The molecule has 0 saturated carbocycles. The van der Waals surface area contributed by atoms with Crippen LogP contribution >= 0.6 is 11.6 Å². The molecule has 1 aromatic carbocycles. The van der Waals surface area contributed by atoms with E-state index < -0.39 is 0 Å². The molecule has 0 heterocycles. The van der Waals surface area contributed by atoms with Gasteiger partial charge in [-0.2, -0.15) is 0 Å². The van der Waals surface area contributed by atoms with Gasteiger partial charge in [0.25, 0.3) is 0 Å². The normalized spacial score (nSPS) is 12.9. The Balaban J connectivity index is 2.77. The van der Waals surface area contributed by atoms with Crippen LogP contribution in [0.25, 0.3) is 0 Å². The molecule has 0 radical (unpaired) electrons. The minimum absolute atomic E-state index is 0.514. The summed E-state index contributed by atoms with van der Waals surface area (Å²) < 4.78 is 5.18. The Morgan fingerprint density at radius 1 is 1.42 bits per heavy atom. The molecule has 0 aromatic heterocycles. The average Bonchev–Trinajstić information content (AvgIpc) is 2.43. The van der Waals surface area contributed by atoms with Crippen LogP contribution in [0.5, 0.6) is 0 Å². The molecular formula is C15H25ClN2O. The van der Waals surface area contributed by atoms with E-state index in [1.807, 2.05) is 12.1 Å². The van der Waals surface area contributed by atoms with Crippen molar-refractivity contribution < 1.29 is 4.74 Å². The average molecular weight is 285 g/mol. The fourth-order valence-electron chi connectivity index (χ4n) is 1.99. The van der Waals surface area contributed by atoms with E-state index in [1.165, 1.54) is 0 Å². The number of hydrogen-bond acceptors (Lipinski definition) is 3. The highest BCUT2D eigenvalue weighted by Gasteiger charge is 2.14. The van der Waals surface area contributed by atoms with Crippen LogP contribution in [0, 0.1) is 0 Å². The lowest BCUT2D eigenvalue weighted by atomic mass is 10.1. The lowest BCUT2D eigenvalue weighted by molar-refractivity contribution is 0.118. The van der Waals surface area contributed by atoms with Gasteiger partial charge in [-0.25, -0.2) is 0 Å². The molecule has 0 spiro atoms. The second kappa shape index (κ2) is 8.54. The minimum atomic E-state index is 0.514. The lowest BCUT2D eigenvalue weighted by Gasteiger charge is -2.28. The molecule has 0 bridgehead atoms. The summed E-state index contributed by atoms with van der Waals surface area (Å²) in [5.41, 5.74) is 7.84. The summed E-state index contributed by atoms with van der Waals surface area (Å²) in [5, 5.41) is 0.800. The van der Waals surface area contributed by atoms with Crippen molar-refractivity contribution >= 4 is 11.6 Å². The number of ether oxygens (including phenoxy) is 1. The molecule has 108 valence electrons. The Morgan fingerprint density at radius 3 is 2.68 bits per heavy atom. The Hall–Kier alpha value is -0.610. The van der Waals surface area contributed by atoms with E-state index in [-0.39, 0.29) is 0 Å². The van der Waals surface area contributed by atoms with Crippen LogP contribution in [0.1, 0.15) is 31.4 Å². The largest absolute Gasteiger partial charge is 0.383 e. The van der Waals surface area contributed by atoms with Gasteiger partial charge in [-0.05, 0) is 30.5 Å². The highest BCUT2D eigenvalue weighted by molar-refractivity contribution is 6.31. The molecule has 0 saturated heterocycles. The number of hydrogen-bond donors (Lipinski definition) is 1. The molecule has 4 heteroatoms. The maximum Gasteiger partial charge on any atom is 0.0589 e. The monoisotopic (exact) mass is 284 g/mol. The van der Waals surface area contributed by atoms with Gasteiger partial charge < -0.3 is 10.5 Å². The summed E-state index contributed by atoms with van der Waals surface area (Å²) in [6, 6.07) is 6.60. The number of methoxy groups -OCH3 is 1. The number of rotatable bonds is 8. The molecule has 3 nitrogen and oxygen atoms in total. The van der Waals surface area contributed by atoms with E-state index in [1.54, 1.807) is 7.11 Å². The van der Waals surface area contributed by atoms with Gasteiger partial charge >= 0.3 is 0 Å². The minimum Gasteiger partial charge on any atom is -0.383 e. The zero-order valence-corrected chi connectivity index (χ0v) is 12.9. The molecule has 1 rings (SSSR count). The number of benzene rings is 1. The highest BCUT2D eigenvalue weighted by atomic mass is 35.5. The van der Waals surface area contributed by atoms with E-state index in [0.717, 1.165) is 42.3 Å². The van der Waals surface area contributed by atoms with Gasteiger partial charge in [0.15, 0.2) is 0 Å². The molecule has 19 heavy (non-hydrogen) atoms. The van der Waals surface area contributed by atoms with Crippen molar-refractivity contribution in [3.63, 3.8) is 0 Å². The molecule has 1 unspecified atom stereocenters. The summed E-state index contributed by atoms with van der Waals surface area (Å²) in [7, 11) is 1.73. The molecule has 1 aromatic rings. The van der Waals surface area contributed by atoms with Gasteiger partial charge in [0.1, 0.15) is 0 Å². The number of nitrogens with zero attached hydrogens (tertiary/aromatic N) is 1. The molecule has 2 N–H and O–H groups in total. The third kappa shape index (κ3) is 5.11. The van der Waals surface area contributed by atoms with Crippen molar-refractivity contribution in [2.24, 2.45) is 5.73 Å². The smallest absolute Gasteiger partial charge is 0.0589 e. The van der Waals surface area contributed by atoms with Gasteiger partial charge in [-0.3, -0.25) is 4.90 Å². The van der Waals surface area contributed by atoms with Crippen molar-refractivity contribution in [3.8, 4) is 0 Å². The van der Waals surface area contributed by atoms with E-state index >= 15 is 0 Å². The molecular weight excluding hydrogens is 260 g/mol. The maximum absolute atomic E-state index is 6.32. The van der Waals surface area contributed by atoms with Crippen LogP contribution in [-0.2, 0) is 17.8 Å². The first-order valence-corrected chi connectivity index (χ1v) is 7.20. The predicted molar refractivity (Wildman–Crippen MR) is 81.4 cm³/mol. The van der Waals surface area contributed by atoms with Gasteiger partial charge in [-0.15, -0.1) is 0 Å². The highest BCUT2D eigenvalue weighted by Crippen LogP contribution is 2.21. The van der Waals surface area contributed by atoms with Crippen LogP contribution < -0.4 is 5.73 Å². The Morgan fingerprint density at radius 2 is 2.16 bits per heavy atom. The first-order chi connectivity index (χ1) is 9.12. The van der Waals surface area contributed by atoms with Crippen molar-refractivity contribution in [1.82, 2.24) is 4.90 Å². The van der Waals surface area contributed by atoms with E-state index in [0.29, 0.717) is 12.6 Å². The summed E-state index contributed by atoms with van der Waals surface area (Å²) in [6.45, 7) is 7.46. The van der Waals surface area contributed by atoms with E-state index in [9.17, 15) is 0 Å². The van der Waals surface area contributed by atoms with Crippen molar-refractivity contribution in [2.45, 2.75) is 39.4 Å². The van der Waals surface area contributed by atoms with Crippen LogP contribution in [0.4, 0.5) is 0 Å². The van der Waals surface area contributed by atoms with E-state index in [4.69, 9.17) is 22.1 Å². The molecule has 0 amide bonds. The Bertz CT molecular complexity index is 384. The van der Waals surface area contributed by atoms with Gasteiger partial charge in [-0.1, -0.05) is 30.7 Å². The standard InChI is InChI=1S/C15H25ClN2O/c1-4-12(2)18(7-8-19-3)11-14-6-5-13(10-17)9-15(14)16/h5-6,9,12H,4,7-8,10-11,17H2,1-3H3. The van der Waals surface area contributed by atoms with Crippen LogP contribution in [-0.4, -0.2) is 31.2 Å². The third-order valence-corrected chi connectivity index (χ3v) is 3.88. The van der Waals surface area contributed by atoms with Crippen molar-refractivity contribution in [2.75, 3.05) is 20.3 Å². The third-order valence-electron chi connectivity index (χ3n) is 3.52. The number of halogens is 1. The molecule has 0 fully saturated rings. The fourth-order valence-corrected chi connectivity index (χ4v) is 2.25. The van der Waals surface area contributed by atoms with E-state index in [2.05, 4.69) is 24.8 Å². The van der Waals surface area contributed by atoms with Crippen molar-refractivity contribution in [1.29, 1.82) is 0 Å². The molecule has 1 atom stereocenters. The first-order valence-electron chi connectivity index (χ1n) is 6.82. The zero-order chi connectivity index (χ0) is 14.3. The lowest BCUT2D eigenvalue weighted by Crippen LogP contribution is -2.34. The Labute approximate surface area is 121 Å². The summed E-state index contributed by atoms with van der Waals surface area (Å²) in [5.74, 6) is 0. The quantitative estimate of drug-likeness (QED) is 0.797. The predicted octanol–water partition coefficient (Wildman–Crippen LogP) is 3.05. The first kappa shape index (κ1) is 16.4. The second-order valence-corrected chi connectivity index (χ2v) is 5.26. The molecule has 0 aliphatic heterocycles. The van der Waals surface area contributed by atoms with Crippen LogP contribution in [0.15, 0.2) is 18.2 Å². The van der Waals surface area contributed by atoms with Gasteiger partial charge in [0.2, 0.25) is 0 Å². The maximum atomic E-state index is 6.32. The fraction of sp³-hybridized carbons (Fsp3) is 0.600. The van der Waals surface area contributed by atoms with Gasteiger partial charge in [0.05, 0.1) is 6.61 Å². The second-order valence-electron chi connectivity index (χ2n) is 4.85. The summed E-state index contributed by atoms with van der Waals surface area (Å²) >= 11 is 6.32. The molecule has 0 aliphatic rings. The topological polar surface area (TPSA) is 38.5 Å². The zero-order valence-electron chi connectivity index (χ0n) is 12.2. The van der Waals surface area contributed by atoms with Gasteiger partial charge in [0, 0.05) is 37.8 Å².